The minimum atomic E-state index is -0.746. The van der Waals surface area contributed by atoms with Crippen molar-refractivity contribution in [1.82, 2.24) is 9.88 Å². The van der Waals surface area contributed by atoms with Gasteiger partial charge in [-0.05, 0) is 41.3 Å². The molecular weight excluding hydrogens is 368 g/mol. The lowest BCUT2D eigenvalue weighted by molar-refractivity contribution is -0.142. The molecule has 2 heterocycles. The van der Waals surface area contributed by atoms with Gasteiger partial charge in [0.25, 0.3) is 0 Å². The van der Waals surface area contributed by atoms with Crippen LogP contribution in [0.4, 0.5) is 0 Å². The molecule has 3 aromatic carbocycles. The van der Waals surface area contributed by atoms with E-state index in [0.29, 0.717) is 6.42 Å². The van der Waals surface area contributed by atoms with E-state index >= 15 is 0 Å². The minimum absolute atomic E-state index is 0.160. The summed E-state index contributed by atoms with van der Waals surface area (Å²) in [7, 11) is 0. The summed E-state index contributed by atoms with van der Waals surface area (Å²) >= 11 is 1.66. The fourth-order valence-electron chi connectivity index (χ4n) is 4.31. The highest BCUT2D eigenvalue weighted by Gasteiger charge is 2.38. The molecule has 2 atom stereocenters. The number of rotatable bonds is 4. The average molecular weight is 388 g/mol. The molecule has 0 spiro atoms. The molecular formula is C23H20N2O2S. The Bertz CT molecular complexity index is 1130. The number of thiazole rings is 1. The third-order valence-corrected chi connectivity index (χ3v) is 6.66. The lowest BCUT2D eigenvalue weighted by Crippen LogP contribution is -2.39. The number of benzene rings is 3. The van der Waals surface area contributed by atoms with Gasteiger partial charge in [-0.3, -0.25) is 9.69 Å². The Morgan fingerprint density at radius 1 is 1.07 bits per heavy atom. The van der Waals surface area contributed by atoms with E-state index in [1.807, 2.05) is 30.3 Å². The molecule has 2 unspecified atom stereocenters. The zero-order valence-corrected chi connectivity index (χ0v) is 16.1. The monoisotopic (exact) mass is 388 g/mol. The molecule has 1 aliphatic heterocycles. The van der Waals surface area contributed by atoms with E-state index in [-0.39, 0.29) is 6.04 Å². The predicted molar refractivity (Wildman–Crippen MR) is 113 cm³/mol. The molecule has 4 aromatic rings. The lowest BCUT2D eigenvalue weighted by atomic mass is 9.97. The maximum Gasteiger partial charge on any atom is 0.320 e. The third kappa shape index (κ3) is 2.87. The summed E-state index contributed by atoms with van der Waals surface area (Å²) in [6.45, 7) is 0.765. The first-order valence-corrected chi connectivity index (χ1v) is 10.4. The lowest BCUT2D eigenvalue weighted by Gasteiger charge is -2.31. The number of nitrogens with zero attached hydrogens (tertiary/aromatic N) is 2. The molecule has 5 heteroatoms. The average Bonchev–Trinajstić information content (AvgIpc) is 3.36. The van der Waals surface area contributed by atoms with Crippen LogP contribution in [0.5, 0.6) is 0 Å². The first kappa shape index (κ1) is 17.3. The van der Waals surface area contributed by atoms with Crippen LogP contribution >= 0.6 is 11.3 Å². The summed E-state index contributed by atoms with van der Waals surface area (Å²) in [5.74, 6) is -0.746. The van der Waals surface area contributed by atoms with Crippen molar-refractivity contribution >= 4 is 38.3 Å². The molecule has 1 aromatic heterocycles. The summed E-state index contributed by atoms with van der Waals surface area (Å²) < 4.78 is 1.13. The van der Waals surface area contributed by atoms with Crippen LogP contribution in [0.3, 0.4) is 0 Å². The normalized spacial score (nSPS) is 18.6. The van der Waals surface area contributed by atoms with Crippen LogP contribution in [0, 0.1) is 0 Å². The van der Waals surface area contributed by atoms with Crippen molar-refractivity contribution in [3.63, 3.8) is 0 Å². The second-order valence-electron chi connectivity index (χ2n) is 7.22. The number of likely N-dealkylation sites (tertiary alicyclic amines) is 1. The number of hydrogen-bond acceptors (Lipinski definition) is 4. The Labute approximate surface area is 167 Å². The van der Waals surface area contributed by atoms with Crippen LogP contribution in [0.2, 0.25) is 0 Å². The Kier molecular flexibility index (Phi) is 4.34. The topological polar surface area (TPSA) is 53.4 Å². The van der Waals surface area contributed by atoms with Gasteiger partial charge in [0.1, 0.15) is 11.0 Å². The fraction of sp³-hybridized carbons (Fsp3) is 0.217. The van der Waals surface area contributed by atoms with Gasteiger partial charge < -0.3 is 5.11 Å². The fourth-order valence-corrected chi connectivity index (χ4v) is 5.42. The Balaban J connectivity index is 1.73. The smallest absolute Gasteiger partial charge is 0.320 e. The van der Waals surface area contributed by atoms with Crippen molar-refractivity contribution in [2.24, 2.45) is 0 Å². The first-order valence-electron chi connectivity index (χ1n) is 9.54. The standard InChI is InChI=1S/C23H20N2O2S/c26-23(27)19-12-6-14-25(19)21(22-24-18-11-3-4-13-20(18)28-22)17-10-5-8-15-7-1-2-9-16(15)17/h1-5,7-11,13,19,21H,6,12,14H2,(H,26,27). The van der Waals surface area contributed by atoms with Crippen molar-refractivity contribution in [3.05, 3.63) is 77.3 Å². The number of fused-ring (bicyclic) bond motifs is 2. The second-order valence-corrected chi connectivity index (χ2v) is 8.29. The van der Waals surface area contributed by atoms with E-state index in [9.17, 15) is 9.90 Å². The molecule has 4 nitrogen and oxygen atoms in total. The summed E-state index contributed by atoms with van der Waals surface area (Å²) in [6, 6.07) is 22.1. The van der Waals surface area contributed by atoms with E-state index < -0.39 is 12.0 Å². The zero-order chi connectivity index (χ0) is 19.1. The van der Waals surface area contributed by atoms with E-state index in [4.69, 9.17) is 4.98 Å². The van der Waals surface area contributed by atoms with Gasteiger partial charge in [0.15, 0.2) is 0 Å². The van der Waals surface area contributed by atoms with Crippen molar-refractivity contribution < 1.29 is 9.90 Å². The van der Waals surface area contributed by atoms with Gasteiger partial charge in [-0.25, -0.2) is 4.98 Å². The largest absolute Gasteiger partial charge is 0.480 e. The van der Waals surface area contributed by atoms with Crippen molar-refractivity contribution in [1.29, 1.82) is 0 Å². The van der Waals surface area contributed by atoms with Crippen molar-refractivity contribution in [3.8, 4) is 0 Å². The van der Waals surface area contributed by atoms with E-state index in [2.05, 4.69) is 41.3 Å². The molecule has 1 saturated heterocycles. The summed E-state index contributed by atoms with van der Waals surface area (Å²) in [4.78, 5) is 19.0. The van der Waals surface area contributed by atoms with Crippen LogP contribution in [-0.2, 0) is 4.79 Å². The van der Waals surface area contributed by atoms with Crippen LogP contribution in [0.15, 0.2) is 66.7 Å². The summed E-state index contributed by atoms with van der Waals surface area (Å²) in [5, 5.41) is 13.1. The molecule has 0 radical (unpaired) electrons. The predicted octanol–water partition coefficient (Wildman–Crippen LogP) is 5.09. The molecule has 140 valence electrons. The molecule has 0 bridgehead atoms. The van der Waals surface area contributed by atoms with Crippen LogP contribution < -0.4 is 0 Å². The Hall–Kier alpha value is -2.76. The van der Waals surface area contributed by atoms with Gasteiger partial charge in [0.05, 0.1) is 16.3 Å². The maximum atomic E-state index is 12.0. The molecule has 0 aliphatic carbocycles. The number of para-hydroxylation sites is 1. The molecule has 0 saturated carbocycles. The number of aliphatic carboxylic acids is 1. The van der Waals surface area contributed by atoms with Gasteiger partial charge in [-0.15, -0.1) is 11.3 Å². The van der Waals surface area contributed by atoms with Gasteiger partial charge in [0, 0.05) is 6.54 Å². The van der Waals surface area contributed by atoms with Crippen molar-refractivity contribution in [2.75, 3.05) is 6.54 Å². The molecule has 0 amide bonds. The van der Waals surface area contributed by atoms with Crippen molar-refractivity contribution in [2.45, 2.75) is 24.9 Å². The summed E-state index contributed by atoms with van der Waals surface area (Å²) in [6.07, 6.45) is 1.57. The van der Waals surface area contributed by atoms with E-state index in [0.717, 1.165) is 44.5 Å². The first-order chi connectivity index (χ1) is 13.7. The van der Waals surface area contributed by atoms with Gasteiger partial charge in [0.2, 0.25) is 0 Å². The van der Waals surface area contributed by atoms with Gasteiger partial charge >= 0.3 is 5.97 Å². The number of carbonyl (C=O) groups is 1. The zero-order valence-electron chi connectivity index (χ0n) is 15.3. The summed E-state index contributed by atoms with van der Waals surface area (Å²) in [5.41, 5.74) is 2.10. The highest BCUT2D eigenvalue weighted by atomic mass is 32.1. The Morgan fingerprint density at radius 2 is 1.86 bits per heavy atom. The number of hydrogen-bond donors (Lipinski definition) is 1. The molecule has 1 aliphatic rings. The van der Waals surface area contributed by atoms with Crippen LogP contribution in [-0.4, -0.2) is 33.5 Å². The highest BCUT2D eigenvalue weighted by molar-refractivity contribution is 7.18. The van der Waals surface area contributed by atoms with E-state index in [1.54, 1.807) is 11.3 Å². The number of aromatic nitrogens is 1. The quantitative estimate of drug-likeness (QED) is 0.529. The van der Waals surface area contributed by atoms with Crippen LogP contribution in [0.25, 0.3) is 21.0 Å². The highest BCUT2D eigenvalue weighted by Crippen LogP contribution is 2.40. The number of carboxylic acids is 1. The molecule has 28 heavy (non-hydrogen) atoms. The third-order valence-electron chi connectivity index (χ3n) is 5.57. The van der Waals surface area contributed by atoms with E-state index in [1.165, 1.54) is 0 Å². The molecule has 1 N–H and O–H groups in total. The minimum Gasteiger partial charge on any atom is -0.480 e. The van der Waals surface area contributed by atoms with Gasteiger partial charge in [-0.1, -0.05) is 54.6 Å². The maximum absolute atomic E-state index is 12.0. The Morgan fingerprint density at radius 3 is 2.71 bits per heavy atom. The van der Waals surface area contributed by atoms with Gasteiger partial charge in [-0.2, -0.15) is 0 Å². The number of carboxylic acid groups (broad SMARTS) is 1. The second kappa shape index (κ2) is 7.00. The molecule has 1 fully saturated rings. The van der Waals surface area contributed by atoms with Crippen LogP contribution in [0.1, 0.15) is 29.5 Å². The molecule has 5 rings (SSSR count). The SMILES string of the molecule is O=C(O)C1CCCN1C(c1nc2ccccc2s1)c1cccc2ccccc12.